The van der Waals surface area contributed by atoms with Crippen molar-refractivity contribution in [3.63, 3.8) is 0 Å². The fourth-order valence-corrected chi connectivity index (χ4v) is 4.40. The zero-order valence-corrected chi connectivity index (χ0v) is 15.5. The van der Waals surface area contributed by atoms with Crippen LogP contribution in [0.1, 0.15) is 29.2 Å². The Morgan fingerprint density at radius 3 is 2.76 bits per heavy atom. The number of pyridine rings is 1. The number of thiocarbonyl (C=S) groups is 1. The first-order valence-electron chi connectivity index (χ1n) is 8.85. The summed E-state index contributed by atoms with van der Waals surface area (Å²) in [4.78, 5) is 14.4. The van der Waals surface area contributed by atoms with Crippen molar-refractivity contribution in [3.05, 3.63) is 63.6 Å². The van der Waals surface area contributed by atoms with E-state index in [9.17, 15) is 4.79 Å². The first kappa shape index (κ1) is 16.3. The SMILES string of the molecule is Cc1cccc(NC(=S)N2C[C@@H]3C[C@@H](C2)c2cccc(=O)n2C3)c1C. The van der Waals surface area contributed by atoms with E-state index in [0.29, 0.717) is 11.8 Å². The zero-order valence-electron chi connectivity index (χ0n) is 14.7. The second-order valence-electron chi connectivity index (χ2n) is 7.28. The van der Waals surface area contributed by atoms with Gasteiger partial charge in [0.25, 0.3) is 5.56 Å². The number of nitrogens with one attached hydrogen (secondary N) is 1. The van der Waals surface area contributed by atoms with Crippen LogP contribution < -0.4 is 10.9 Å². The fraction of sp³-hybridized carbons (Fsp3) is 0.400. The number of aryl methyl sites for hydroxylation is 1. The molecule has 2 aromatic rings. The van der Waals surface area contributed by atoms with E-state index in [-0.39, 0.29) is 5.56 Å². The molecule has 0 unspecified atom stereocenters. The van der Waals surface area contributed by atoms with Crippen molar-refractivity contribution >= 4 is 23.0 Å². The number of benzene rings is 1. The molecule has 2 aliphatic heterocycles. The van der Waals surface area contributed by atoms with Gasteiger partial charge in [-0.25, -0.2) is 0 Å². The normalized spacial score (nSPS) is 21.6. The minimum Gasteiger partial charge on any atom is -0.348 e. The summed E-state index contributed by atoms with van der Waals surface area (Å²) >= 11 is 5.71. The topological polar surface area (TPSA) is 37.3 Å². The Morgan fingerprint density at radius 1 is 1.12 bits per heavy atom. The Bertz CT molecular complexity index is 889. The van der Waals surface area contributed by atoms with E-state index in [4.69, 9.17) is 12.2 Å². The van der Waals surface area contributed by atoms with Crippen LogP contribution in [0.15, 0.2) is 41.2 Å². The van der Waals surface area contributed by atoms with Gasteiger partial charge in [0, 0.05) is 43.0 Å². The van der Waals surface area contributed by atoms with Crippen LogP contribution in [0, 0.1) is 19.8 Å². The van der Waals surface area contributed by atoms with E-state index < -0.39 is 0 Å². The summed E-state index contributed by atoms with van der Waals surface area (Å²) in [6.07, 6.45) is 1.14. The summed E-state index contributed by atoms with van der Waals surface area (Å²) in [5, 5.41) is 4.22. The third-order valence-corrected chi connectivity index (χ3v) is 5.97. The van der Waals surface area contributed by atoms with Crippen molar-refractivity contribution < 1.29 is 0 Å². The Kier molecular flexibility index (Phi) is 4.12. The molecule has 0 radical (unpaired) electrons. The maximum absolute atomic E-state index is 12.1. The highest BCUT2D eigenvalue weighted by atomic mass is 32.1. The predicted molar refractivity (Wildman–Crippen MR) is 105 cm³/mol. The smallest absolute Gasteiger partial charge is 0.250 e. The molecule has 25 heavy (non-hydrogen) atoms. The first-order chi connectivity index (χ1) is 12.0. The second-order valence-corrected chi connectivity index (χ2v) is 7.67. The van der Waals surface area contributed by atoms with Gasteiger partial charge in [-0.3, -0.25) is 4.79 Å². The molecule has 1 N–H and O–H groups in total. The van der Waals surface area contributed by atoms with Crippen LogP contribution in [0.4, 0.5) is 5.69 Å². The van der Waals surface area contributed by atoms with Crippen molar-refractivity contribution in [2.24, 2.45) is 5.92 Å². The van der Waals surface area contributed by atoms with Crippen molar-refractivity contribution in [3.8, 4) is 0 Å². The van der Waals surface area contributed by atoms with Crippen LogP contribution in [0.5, 0.6) is 0 Å². The average Bonchev–Trinajstić information content (AvgIpc) is 2.60. The number of hydrogen-bond donors (Lipinski definition) is 1. The highest BCUT2D eigenvalue weighted by Gasteiger charge is 2.35. The van der Waals surface area contributed by atoms with E-state index >= 15 is 0 Å². The Labute approximate surface area is 153 Å². The monoisotopic (exact) mass is 353 g/mol. The molecular formula is C20H23N3OS. The lowest BCUT2D eigenvalue weighted by Crippen LogP contribution is -2.50. The number of likely N-dealkylation sites (tertiary alicyclic amines) is 1. The van der Waals surface area contributed by atoms with Crippen LogP contribution in [-0.4, -0.2) is 27.7 Å². The molecule has 0 saturated carbocycles. The highest BCUT2D eigenvalue weighted by Crippen LogP contribution is 2.35. The summed E-state index contributed by atoms with van der Waals surface area (Å²) in [6.45, 7) is 6.82. The van der Waals surface area contributed by atoms with E-state index in [1.54, 1.807) is 6.07 Å². The van der Waals surface area contributed by atoms with Gasteiger partial charge < -0.3 is 14.8 Å². The molecule has 0 amide bonds. The molecule has 5 heteroatoms. The molecule has 0 spiro atoms. The summed E-state index contributed by atoms with van der Waals surface area (Å²) in [6, 6.07) is 11.9. The van der Waals surface area contributed by atoms with Crippen LogP contribution >= 0.6 is 12.2 Å². The number of piperidine rings is 1. The van der Waals surface area contributed by atoms with Gasteiger partial charge in [0.15, 0.2) is 5.11 Å². The minimum atomic E-state index is 0.122. The van der Waals surface area contributed by atoms with Crippen LogP contribution in [0.2, 0.25) is 0 Å². The maximum Gasteiger partial charge on any atom is 0.250 e. The summed E-state index contributed by atoms with van der Waals surface area (Å²) < 4.78 is 1.96. The van der Waals surface area contributed by atoms with Gasteiger partial charge in [0.1, 0.15) is 0 Å². The molecule has 2 bridgehead atoms. The van der Waals surface area contributed by atoms with E-state index in [0.717, 1.165) is 42.5 Å². The van der Waals surface area contributed by atoms with E-state index in [2.05, 4.69) is 48.3 Å². The number of nitrogens with zero attached hydrogens (tertiary/aromatic N) is 2. The molecule has 1 fully saturated rings. The second kappa shape index (κ2) is 6.30. The van der Waals surface area contributed by atoms with Crippen molar-refractivity contribution in [1.29, 1.82) is 0 Å². The molecule has 2 aliphatic rings. The van der Waals surface area contributed by atoms with Crippen LogP contribution in [0.25, 0.3) is 0 Å². The van der Waals surface area contributed by atoms with Gasteiger partial charge in [-0.1, -0.05) is 18.2 Å². The van der Waals surface area contributed by atoms with Crippen molar-refractivity contribution in [1.82, 2.24) is 9.47 Å². The molecule has 2 atom stereocenters. The average molecular weight is 353 g/mol. The lowest BCUT2D eigenvalue weighted by atomic mass is 9.83. The largest absolute Gasteiger partial charge is 0.348 e. The van der Waals surface area contributed by atoms with Crippen molar-refractivity contribution in [2.45, 2.75) is 32.7 Å². The molecular weight excluding hydrogens is 330 g/mol. The van der Waals surface area contributed by atoms with Gasteiger partial charge in [-0.2, -0.15) is 0 Å². The molecule has 0 aliphatic carbocycles. The lowest BCUT2D eigenvalue weighted by Gasteiger charge is -2.43. The van der Waals surface area contributed by atoms with Crippen molar-refractivity contribution in [2.75, 3.05) is 18.4 Å². The van der Waals surface area contributed by atoms with Gasteiger partial charge >= 0.3 is 0 Å². The number of rotatable bonds is 1. The van der Waals surface area contributed by atoms with Gasteiger partial charge in [-0.05, 0) is 61.7 Å². The highest BCUT2D eigenvalue weighted by molar-refractivity contribution is 7.80. The summed E-state index contributed by atoms with van der Waals surface area (Å²) in [5.74, 6) is 0.851. The van der Waals surface area contributed by atoms with E-state index in [1.165, 1.54) is 11.1 Å². The fourth-order valence-electron chi connectivity index (χ4n) is 4.14. The van der Waals surface area contributed by atoms with Crippen LogP contribution in [-0.2, 0) is 6.54 Å². The number of anilines is 1. The van der Waals surface area contributed by atoms with E-state index in [1.807, 2.05) is 10.6 Å². The summed E-state index contributed by atoms with van der Waals surface area (Å²) in [7, 11) is 0. The standard InChI is InChI=1S/C20H23N3OS/c1-13-5-3-6-17(14(13)2)21-20(25)22-10-15-9-16(12-22)18-7-4-8-19(24)23(18)11-15/h3-8,15-16H,9-12H2,1-2H3,(H,21,25)/t15-,16-/m0/s1. The Morgan fingerprint density at radius 2 is 1.92 bits per heavy atom. The number of fused-ring (bicyclic) bond motifs is 4. The quantitative estimate of drug-likeness (QED) is 0.799. The lowest BCUT2D eigenvalue weighted by molar-refractivity contribution is 0.180. The Balaban J connectivity index is 1.55. The molecule has 1 aromatic heterocycles. The molecule has 4 nitrogen and oxygen atoms in total. The predicted octanol–water partition coefficient (Wildman–Crippen LogP) is 3.28. The maximum atomic E-state index is 12.1. The molecule has 4 rings (SSSR count). The zero-order chi connectivity index (χ0) is 17.6. The van der Waals surface area contributed by atoms with Gasteiger partial charge in [-0.15, -0.1) is 0 Å². The number of hydrogen-bond acceptors (Lipinski definition) is 2. The molecule has 1 aromatic carbocycles. The molecule has 1 saturated heterocycles. The molecule has 130 valence electrons. The van der Waals surface area contributed by atoms with Gasteiger partial charge in [0.05, 0.1) is 0 Å². The Hall–Kier alpha value is -2.14. The van der Waals surface area contributed by atoms with Gasteiger partial charge in [0.2, 0.25) is 0 Å². The van der Waals surface area contributed by atoms with Crippen LogP contribution in [0.3, 0.4) is 0 Å². The first-order valence-corrected chi connectivity index (χ1v) is 9.25. The number of aromatic nitrogens is 1. The summed E-state index contributed by atoms with van der Waals surface area (Å²) in [5.41, 5.74) is 4.85. The third-order valence-electron chi connectivity index (χ3n) is 5.61. The minimum absolute atomic E-state index is 0.122. The molecule has 3 heterocycles. The third kappa shape index (κ3) is 2.97.